The molecule has 4 amide bonds. The standard InChI is InChI=1S/C62H54N2O6/c1-31(2)39-13-11-15-49(51(39)33(5)6)63-59(65)43-27-25-41-54-46(36-19-23-38(70-10)24-20-36)30-48-56-44(60(66)64(62(48)68)50-16-12-14-40(32(3)4)52(50)34(7)8)28-26-42(58(54)56)53-45(35-17-21-37(69-9)22-18-35)29-47(61(63)67)55(43)57(41)53/h11-34H,1-10H3. The lowest BCUT2D eigenvalue weighted by Crippen LogP contribution is -2.41. The lowest BCUT2D eigenvalue weighted by molar-refractivity contribution is 0.0877. The van der Waals surface area contributed by atoms with Gasteiger partial charge in [-0.25, -0.2) is 9.80 Å². The van der Waals surface area contributed by atoms with E-state index in [0.717, 1.165) is 76.8 Å². The number of anilines is 2. The second-order valence-electron chi connectivity index (χ2n) is 20.0. The molecule has 0 spiro atoms. The number of hydrogen-bond acceptors (Lipinski definition) is 6. The molecule has 2 aliphatic heterocycles. The van der Waals surface area contributed by atoms with Gasteiger partial charge in [0.2, 0.25) is 0 Å². The largest absolute Gasteiger partial charge is 0.497 e. The van der Waals surface area contributed by atoms with Gasteiger partial charge in [0.15, 0.2) is 0 Å². The molecule has 11 rings (SSSR count). The van der Waals surface area contributed by atoms with Gasteiger partial charge in [-0.05, 0) is 161 Å². The van der Waals surface area contributed by atoms with Crippen molar-refractivity contribution < 1.29 is 28.7 Å². The van der Waals surface area contributed by atoms with E-state index in [0.29, 0.717) is 55.9 Å². The van der Waals surface area contributed by atoms with E-state index in [1.165, 1.54) is 9.80 Å². The number of carbonyl (C=O) groups is 4. The van der Waals surface area contributed by atoms with Crippen LogP contribution in [0.3, 0.4) is 0 Å². The van der Waals surface area contributed by atoms with Crippen LogP contribution in [-0.4, -0.2) is 37.8 Å². The molecular weight excluding hydrogens is 869 g/mol. The van der Waals surface area contributed by atoms with Crippen molar-refractivity contribution in [3.63, 3.8) is 0 Å². The number of methoxy groups -OCH3 is 2. The third-order valence-corrected chi connectivity index (χ3v) is 14.8. The maximum Gasteiger partial charge on any atom is 0.266 e. The molecule has 70 heavy (non-hydrogen) atoms. The van der Waals surface area contributed by atoms with E-state index >= 15 is 19.2 Å². The van der Waals surface area contributed by atoms with Crippen LogP contribution >= 0.6 is 0 Å². The van der Waals surface area contributed by atoms with Crippen LogP contribution in [0, 0.1) is 0 Å². The van der Waals surface area contributed by atoms with E-state index in [2.05, 4.69) is 67.5 Å². The van der Waals surface area contributed by atoms with Crippen LogP contribution in [0.25, 0.3) is 65.3 Å². The summed E-state index contributed by atoms with van der Waals surface area (Å²) in [6.07, 6.45) is 0. The summed E-state index contributed by atoms with van der Waals surface area (Å²) in [5, 5.41) is 5.87. The van der Waals surface area contributed by atoms with E-state index in [1.54, 1.807) is 14.2 Å². The highest BCUT2D eigenvalue weighted by atomic mass is 16.5. The van der Waals surface area contributed by atoms with Gasteiger partial charge in [0.25, 0.3) is 23.6 Å². The Kier molecular flexibility index (Phi) is 10.5. The molecule has 0 unspecified atom stereocenters. The summed E-state index contributed by atoms with van der Waals surface area (Å²) in [7, 11) is 3.25. The number of fused-ring (bicyclic) bond motifs is 2. The zero-order chi connectivity index (χ0) is 49.2. The molecule has 0 N–H and O–H groups in total. The van der Waals surface area contributed by atoms with Gasteiger partial charge < -0.3 is 9.47 Å². The average Bonchev–Trinajstić information content (AvgIpc) is 3.36. The number of rotatable bonds is 10. The van der Waals surface area contributed by atoms with Crippen LogP contribution in [0.15, 0.2) is 121 Å². The SMILES string of the molecule is COc1ccc(-c2cc3c4c(ccc5c6c(-c7ccc(OC)cc7)cc7c8c(ccc(c2c45)c86)C(=O)N(c2cccc(C(C)C)c2C(C)C)C7=O)C(=O)N(c2cccc(C(C)C)c2C(C)C)C3=O)cc1. The Hall–Kier alpha value is -7.84. The van der Waals surface area contributed by atoms with Crippen molar-refractivity contribution in [2.75, 3.05) is 24.0 Å². The van der Waals surface area contributed by atoms with Crippen LogP contribution in [0.1, 0.15) is 143 Å². The zero-order valence-corrected chi connectivity index (χ0v) is 41.2. The number of ether oxygens (including phenoxy) is 2. The quantitative estimate of drug-likeness (QED) is 0.0770. The first-order valence-electron chi connectivity index (χ1n) is 24.3. The average molecular weight is 923 g/mol. The Balaban J connectivity index is 1.28. The first-order chi connectivity index (χ1) is 33.7. The van der Waals surface area contributed by atoms with Crippen molar-refractivity contribution in [1.29, 1.82) is 0 Å². The highest BCUT2D eigenvalue weighted by Gasteiger charge is 2.41. The van der Waals surface area contributed by atoms with E-state index in [1.807, 2.05) is 109 Å². The molecule has 0 bridgehead atoms. The van der Waals surface area contributed by atoms with Crippen molar-refractivity contribution in [3.05, 3.63) is 166 Å². The van der Waals surface area contributed by atoms with Crippen LogP contribution in [0.4, 0.5) is 11.4 Å². The molecule has 0 radical (unpaired) electrons. The number of benzene rings is 9. The van der Waals surface area contributed by atoms with Crippen molar-refractivity contribution in [2.24, 2.45) is 0 Å². The minimum atomic E-state index is -0.399. The van der Waals surface area contributed by atoms with E-state index < -0.39 is 11.8 Å². The Morgan fingerprint density at radius 2 is 0.714 bits per heavy atom. The van der Waals surface area contributed by atoms with E-state index in [9.17, 15) is 0 Å². The molecule has 0 aliphatic carbocycles. The minimum Gasteiger partial charge on any atom is -0.497 e. The summed E-state index contributed by atoms with van der Waals surface area (Å²) in [6.45, 7) is 16.9. The van der Waals surface area contributed by atoms with Crippen LogP contribution in [0.2, 0.25) is 0 Å². The maximum atomic E-state index is 15.5. The highest BCUT2D eigenvalue weighted by Crippen LogP contribution is 2.53. The van der Waals surface area contributed by atoms with Gasteiger partial charge in [-0.3, -0.25) is 19.2 Å². The fourth-order valence-electron chi connectivity index (χ4n) is 11.7. The summed E-state index contributed by atoms with van der Waals surface area (Å²) in [6, 6.07) is 38.9. The predicted molar refractivity (Wildman–Crippen MR) is 283 cm³/mol. The van der Waals surface area contributed by atoms with Gasteiger partial charge >= 0.3 is 0 Å². The smallest absolute Gasteiger partial charge is 0.266 e. The molecule has 348 valence electrons. The summed E-state index contributed by atoms with van der Waals surface area (Å²) >= 11 is 0. The van der Waals surface area contributed by atoms with Crippen LogP contribution in [-0.2, 0) is 0 Å². The molecule has 0 aromatic heterocycles. The minimum absolute atomic E-state index is 0.0316. The molecule has 0 fully saturated rings. The zero-order valence-electron chi connectivity index (χ0n) is 41.2. The number of amides is 4. The third kappa shape index (κ3) is 6.35. The molecule has 0 atom stereocenters. The van der Waals surface area contributed by atoms with Gasteiger partial charge in [0.05, 0.1) is 25.6 Å². The number of nitrogens with zero attached hydrogens (tertiary/aromatic N) is 2. The first-order valence-corrected chi connectivity index (χ1v) is 24.3. The predicted octanol–water partition coefficient (Wildman–Crippen LogP) is 15.2. The normalized spacial score (nSPS) is 13.9. The fourth-order valence-corrected chi connectivity index (χ4v) is 11.7. The van der Waals surface area contributed by atoms with E-state index in [-0.39, 0.29) is 35.5 Å². The number of imide groups is 2. The third-order valence-electron chi connectivity index (χ3n) is 14.8. The first kappa shape index (κ1) is 44.7. The number of carbonyl (C=O) groups excluding carboxylic acids is 4. The molecule has 2 heterocycles. The highest BCUT2D eigenvalue weighted by molar-refractivity contribution is 6.47. The Bertz CT molecular complexity index is 3470. The van der Waals surface area contributed by atoms with Gasteiger partial charge in [0.1, 0.15) is 11.5 Å². The topological polar surface area (TPSA) is 93.2 Å². The molecule has 8 nitrogen and oxygen atoms in total. The second kappa shape index (κ2) is 16.4. The van der Waals surface area contributed by atoms with Gasteiger partial charge in [-0.2, -0.15) is 0 Å². The molecule has 0 saturated heterocycles. The van der Waals surface area contributed by atoms with Gasteiger partial charge in [-0.15, -0.1) is 0 Å². The molecule has 0 saturated carbocycles. The van der Waals surface area contributed by atoms with Crippen molar-refractivity contribution >= 4 is 78.1 Å². The van der Waals surface area contributed by atoms with Crippen molar-refractivity contribution in [1.82, 2.24) is 0 Å². The lowest BCUT2D eigenvalue weighted by Gasteiger charge is -2.34. The van der Waals surface area contributed by atoms with E-state index in [4.69, 9.17) is 9.47 Å². The maximum absolute atomic E-state index is 15.5. The Labute approximate surface area is 407 Å². The van der Waals surface area contributed by atoms with Gasteiger partial charge in [0, 0.05) is 33.0 Å². The molecule has 9 aromatic rings. The monoisotopic (exact) mass is 922 g/mol. The summed E-state index contributed by atoms with van der Waals surface area (Å²) in [4.78, 5) is 64.4. The van der Waals surface area contributed by atoms with Crippen LogP contribution in [0.5, 0.6) is 11.5 Å². The van der Waals surface area contributed by atoms with Crippen molar-refractivity contribution in [3.8, 4) is 33.8 Å². The number of hydrogen-bond donors (Lipinski definition) is 0. The lowest BCUT2D eigenvalue weighted by atomic mass is 9.77. The van der Waals surface area contributed by atoms with Gasteiger partial charge in [-0.1, -0.05) is 116 Å². The molecule has 2 aliphatic rings. The Morgan fingerprint density at radius 3 is 1.04 bits per heavy atom. The molecular formula is C62H54N2O6. The summed E-state index contributed by atoms with van der Waals surface area (Å²) in [5.41, 5.74) is 10.2. The molecule has 9 aromatic carbocycles. The fraction of sp³-hybridized carbons (Fsp3) is 0.226. The summed E-state index contributed by atoms with van der Waals surface area (Å²) in [5.74, 6) is 0.172. The second-order valence-corrected chi connectivity index (χ2v) is 20.0. The van der Waals surface area contributed by atoms with Crippen molar-refractivity contribution in [2.45, 2.75) is 79.1 Å². The molecule has 8 heteroatoms. The van der Waals surface area contributed by atoms with Crippen LogP contribution < -0.4 is 19.3 Å². The summed E-state index contributed by atoms with van der Waals surface area (Å²) < 4.78 is 11.2. The Morgan fingerprint density at radius 1 is 0.357 bits per heavy atom.